The molecule has 0 radical (unpaired) electrons. The minimum absolute atomic E-state index is 0.0737. The van der Waals surface area contributed by atoms with Gasteiger partial charge < -0.3 is 19.8 Å². The summed E-state index contributed by atoms with van der Waals surface area (Å²) in [6.45, 7) is 4.80. The molecule has 0 spiro atoms. The number of aliphatic hydroxyl groups is 1. The van der Waals surface area contributed by atoms with Crippen molar-refractivity contribution in [3.05, 3.63) is 12.2 Å². The van der Waals surface area contributed by atoms with Crippen molar-refractivity contribution in [3.63, 3.8) is 0 Å². The topological polar surface area (TPSA) is 105 Å². The van der Waals surface area contributed by atoms with Gasteiger partial charge in [0.1, 0.15) is 13.2 Å². The smallest absolute Gasteiger partial charge is 0.391 e. The lowest BCUT2D eigenvalue weighted by Crippen LogP contribution is -2.46. The predicted octanol–water partition coefficient (Wildman–Crippen LogP) is 8.85. The highest BCUT2D eigenvalue weighted by Crippen LogP contribution is 2.43. The predicted molar refractivity (Wildman–Crippen MR) is 185 cm³/mol. The lowest BCUT2D eigenvalue weighted by atomic mass is 10.0. The number of amides is 1. The molecule has 3 N–H and O–H groups in total. The lowest BCUT2D eigenvalue weighted by Gasteiger charge is -2.26. The average molecular weight is 648 g/mol. The van der Waals surface area contributed by atoms with Gasteiger partial charge in [0.15, 0.2) is 0 Å². The highest BCUT2D eigenvalue weighted by molar-refractivity contribution is 7.47. The van der Waals surface area contributed by atoms with E-state index >= 15 is 0 Å². The van der Waals surface area contributed by atoms with Gasteiger partial charge in [0.05, 0.1) is 39.9 Å². The maximum absolute atomic E-state index is 12.7. The number of carbonyl (C=O) groups excluding carboxylic acids is 1. The van der Waals surface area contributed by atoms with E-state index < -0.39 is 20.0 Å². The molecular formula is C35H72N2O6P+. The number of nitrogens with zero attached hydrogens (tertiary/aromatic N) is 1. The van der Waals surface area contributed by atoms with E-state index in [-0.39, 0.29) is 19.1 Å². The first-order valence-corrected chi connectivity index (χ1v) is 19.5. The number of quaternary nitrogens is 1. The molecule has 0 saturated carbocycles. The summed E-state index contributed by atoms with van der Waals surface area (Å²) in [5.41, 5.74) is 0. The number of likely N-dealkylation sites (N-methyl/N-ethyl adjacent to an activating group) is 1. The molecule has 0 aliphatic carbocycles. The fraction of sp³-hybridized carbons (Fsp3) is 0.914. The van der Waals surface area contributed by atoms with Crippen LogP contribution in [0, 0.1) is 0 Å². The van der Waals surface area contributed by atoms with Gasteiger partial charge in [-0.05, 0) is 32.1 Å². The van der Waals surface area contributed by atoms with Crippen molar-refractivity contribution in [3.8, 4) is 0 Å². The molecule has 262 valence electrons. The van der Waals surface area contributed by atoms with Crippen LogP contribution in [-0.2, 0) is 18.4 Å². The average Bonchev–Trinajstić information content (AvgIpc) is 2.95. The normalized spacial score (nSPS) is 15.0. The van der Waals surface area contributed by atoms with Gasteiger partial charge in [0, 0.05) is 6.42 Å². The number of phosphoric ester groups is 1. The SMILES string of the molecule is CCCC/C=C\CCCCCCC(=O)NC(COP(=O)(O)OCC[N+](C)(C)C)C(O)CCCCCCCCCCCCCC. The van der Waals surface area contributed by atoms with Crippen LogP contribution in [0.3, 0.4) is 0 Å². The maximum atomic E-state index is 12.7. The number of rotatable bonds is 32. The number of aliphatic hydroxyl groups excluding tert-OH is 1. The molecule has 0 aliphatic heterocycles. The van der Waals surface area contributed by atoms with E-state index in [0.717, 1.165) is 57.8 Å². The van der Waals surface area contributed by atoms with Gasteiger partial charge in [0.2, 0.25) is 5.91 Å². The fourth-order valence-electron chi connectivity index (χ4n) is 5.02. The number of nitrogens with one attached hydrogen (secondary N) is 1. The van der Waals surface area contributed by atoms with Gasteiger partial charge in [-0.2, -0.15) is 0 Å². The van der Waals surface area contributed by atoms with Gasteiger partial charge in [-0.25, -0.2) is 4.57 Å². The minimum Gasteiger partial charge on any atom is -0.391 e. The summed E-state index contributed by atoms with van der Waals surface area (Å²) in [4.78, 5) is 22.9. The number of unbranched alkanes of at least 4 members (excludes halogenated alkanes) is 17. The molecule has 0 rings (SSSR count). The molecule has 3 unspecified atom stereocenters. The van der Waals surface area contributed by atoms with Gasteiger partial charge >= 0.3 is 7.82 Å². The molecule has 0 aromatic carbocycles. The number of hydrogen-bond acceptors (Lipinski definition) is 5. The van der Waals surface area contributed by atoms with Crippen LogP contribution in [0.5, 0.6) is 0 Å². The summed E-state index contributed by atoms with van der Waals surface area (Å²) in [5, 5.41) is 13.8. The van der Waals surface area contributed by atoms with Gasteiger partial charge in [-0.15, -0.1) is 0 Å². The van der Waals surface area contributed by atoms with E-state index in [2.05, 4.69) is 31.3 Å². The molecule has 0 aromatic heterocycles. The Hall–Kier alpha value is -0.760. The number of phosphoric acid groups is 1. The van der Waals surface area contributed by atoms with Crippen LogP contribution in [0.2, 0.25) is 0 Å². The molecule has 0 fully saturated rings. The molecule has 9 heteroatoms. The molecule has 44 heavy (non-hydrogen) atoms. The number of carbonyl (C=O) groups is 1. The Morgan fingerprint density at radius 2 is 1.25 bits per heavy atom. The Bertz CT molecular complexity index is 743. The second-order valence-corrected chi connectivity index (χ2v) is 15.1. The Kier molecular flexibility index (Phi) is 28.0. The van der Waals surface area contributed by atoms with Gasteiger partial charge in [0.25, 0.3) is 0 Å². The van der Waals surface area contributed by atoms with E-state index in [1.807, 2.05) is 21.1 Å². The molecule has 3 atom stereocenters. The minimum atomic E-state index is -4.30. The van der Waals surface area contributed by atoms with E-state index in [4.69, 9.17) is 9.05 Å². The van der Waals surface area contributed by atoms with E-state index in [1.165, 1.54) is 70.6 Å². The maximum Gasteiger partial charge on any atom is 0.472 e. The Labute approximate surface area is 272 Å². The van der Waals surface area contributed by atoms with Crippen LogP contribution in [0.4, 0.5) is 0 Å². The standard InChI is InChI=1S/C35H71N2O6P/c1-6-8-10-12-14-16-18-19-20-22-24-26-28-34(38)33(32-43-44(40,41)42-31-30-37(3,4)5)36-35(39)29-27-25-23-21-17-15-13-11-9-7-2/h13,15,33-34,38H,6-12,14,16-32H2,1-5H3,(H-,36,39,40,41)/p+1/b15-13-. The number of allylic oxidation sites excluding steroid dienone is 2. The van der Waals surface area contributed by atoms with E-state index in [1.54, 1.807) is 0 Å². The van der Waals surface area contributed by atoms with Crippen molar-refractivity contribution >= 4 is 13.7 Å². The molecule has 8 nitrogen and oxygen atoms in total. The highest BCUT2D eigenvalue weighted by atomic mass is 31.2. The van der Waals surface area contributed by atoms with Crippen LogP contribution in [0.1, 0.15) is 155 Å². The molecule has 1 amide bonds. The van der Waals surface area contributed by atoms with Crippen LogP contribution < -0.4 is 5.32 Å². The summed E-state index contributed by atoms with van der Waals surface area (Å²) in [6, 6.07) is -0.758. The van der Waals surface area contributed by atoms with Crippen LogP contribution >= 0.6 is 7.82 Å². The third-order valence-corrected chi connectivity index (χ3v) is 9.00. The van der Waals surface area contributed by atoms with E-state index in [9.17, 15) is 19.4 Å². The highest BCUT2D eigenvalue weighted by Gasteiger charge is 2.28. The lowest BCUT2D eigenvalue weighted by molar-refractivity contribution is -0.870. The zero-order valence-electron chi connectivity index (χ0n) is 29.4. The van der Waals surface area contributed by atoms with Gasteiger partial charge in [-0.1, -0.05) is 129 Å². The Balaban J connectivity index is 4.52. The molecule has 0 heterocycles. The Morgan fingerprint density at radius 1 is 0.750 bits per heavy atom. The molecule has 0 aromatic rings. The third-order valence-electron chi connectivity index (χ3n) is 8.01. The summed E-state index contributed by atoms with van der Waals surface area (Å²) in [5.74, 6) is -0.162. The first-order chi connectivity index (χ1) is 21.0. The van der Waals surface area contributed by atoms with Gasteiger partial charge in [-0.3, -0.25) is 13.8 Å². The second kappa shape index (κ2) is 28.5. The molecule has 0 aliphatic rings. The van der Waals surface area contributed by atoms with Crippen molar-refractivity contribution in [1.82, 2.24) is 5.32 Å². The largest absolute Gasteiger partial charge is 0.472 e. The molecule has 0 saturated heterocycles. The second-order valence-electron chi connectivity index (χ2n) is 13.6. The quantitative estimate of drug-likeness (QED) is 0.0292. The third kappa shape index (κ3) is 29.9. The van der Waals surface area contributed by atoms with Crippen molar-refractivity contribution in [1.29, 1.82) is 0 Å². The van der Waals surface area contributed by atoms with Crippen molar-refractivity contribution < 1.29 is 32.9 Å². The summed E-state index contributed by atoms with van der Waals surface area (Å²) >= 11 is 0. The Morgan fingerprint density at radius 3 is 1.82 bits per heavy atom. The zero-order chi connectivity index (χ0) is 32.9. The first-order valence-electron chi connectivity index (χ1n) is 18.1. The number of hydrogen-bond donors (Lipinski definition) is 3. The first kappa shape index (κ1) is 43.2. The van der Waals surface area contributed by atoms with Crippen LogP contribution in [0.25, 0.3) is 0 Å². The van der Waals surface area contributed by atoms with Crippen LogP contribution in [-0.4, -0.2) is 73.4 Å². The summed E-state index contributed by atoms with van der Waals surface area (Å²) < 4.78 is 23.4. The van der Waals surface area contributed by atoms with E-state index in [0.29, 0.717) is 23.9 Å². The van der Waals surface area contributed by atoms with Crippen molar-refractivity contribution in [2.45, 2.75) is 167 Å². The zero-order valence-corrected chi connectivity index (χ0v) is 30.3. The van der Waals surface area contributed by atoms with Crippen molar-refractivity contribution in [2.24, 2.45) is 0 Å². The monoisotopic (exact) mass is 648 g/mol. The fourth-order valence-corrected chi connectivity index (χ4v) is 5.76. The molecular weight excluding hydrogens is 575 g/mol. The summed E-state index contributed by atoms with van der Waals surface area (Å²) in [6.07, 6.45) is 28.0. The van der Waals surface area contributed by atoms with Crippen molar-refractivity contribution in [2.75, 3.05) is 40.9 Å². The van der Waals surface area contributed by atoms with Crippen LogP contribution in [0.15, 0.2) is 12.2 Å². The summed E-state index contributed by atoms with van der Waals surface area (Å²) in [7, 11) is 1.61. The molecule has 0 bridgehead atoms.